The maximum atomic E-state index is 13.9. The number of nitrogens with one attached hydrogen (secondary N) is 3. The molecule has 9 heteroatoms. The van der Waals surface area contributed by atoms with Crippen LogP contribution in [0, 0.1) is 39.9 Å². The standard InChI is InChI=1S/C30H48N4O5/c1-15(2)24(36)33-23(28(3,4)5)27(39)34-14-17-20(30(17,8)9)21(34)25(37)31-18(12-16-10-11-16)22(35)26(38)32-19-13-29(19,6)7/h15-21,23H,10-14H2,1-9H3,(H,31,37)(H,32,38)(H,33,36)/t17-,18?,19-,20-,21-,23+/m0/s1. The van der Waals surface area contributed by atoms with E-state index < -0.39 is 35.2 Å². The number of fused-ring (bicyclic) bond motifs is 1. The van der Waals surface area contributed by atoms with Gasteiger partial charge < -0.3 is 20.9 Å². The molecule has 0 aromatic rings. The van der Waals surface area contributed by atoms with E-state index in [1.165, 1.54) is 0 Å². The van der Waals surface area contributed by atoms with Gasteiger partial charge in [-0.2, -0.15) is 0 Å². The summed E-state index contributed by atoms with van der Waals surface area (Å²) in [4.78, 5) is 68.1. The van der Waals surface area contributed by atoms with E-state index in [4.69, 9.17) is 0 Å². The van der Waals surface area contributed by atoms with Crippen LogP contribution in [-0.2, 0) is 24.0 Å². The maximum absolute atomic E-state index is 13.9. The van der Waals surface area contributed by atoms with Crippen molar-refractivity contribution in [2.24, 2.45) is 39.9 Å². The molecule has 0 bridgehead atoms. The molecule has 3 aliphatic carbocycles. The minimum atomic E-state index is -0.913. The fraction of sp³-hybridized carbons (Fsp3) is 0.833. The fourth-order valence-corrected chi connectivity index (χ4v) is 6.21. The first-order valence-corrected chi connectivity index (χ1v) is 14.6. The van der Waals surface area contributed by atoms with Gasteiger partial charge >= 0.3 is 0 Å². The molecule has 1 saturated heterocycles. The molecule has 3 N–H and O–H groups in total. The molecule has 4 aliphatic rings. The van der Waals surface area contributed by atoms with Crippen LogP contribution in [-0.4, -0.2) is 65.0 Å². The molecule has 4 amide bonds. The van der Waals surface area contributed by atoms with Crippen LogP contribution in [0.1, 0.15) is 88.0 Å². The first kappa shape index (κ1) is 29.5. The number of carbonyl (C=O) groups excluding carboxylic acids is 5. The van der Waals surface area contributed by atoms with Crippen LogP contribution in [0.5, 0.6) is 0 Å². The third-order valence-electron chi connectivity index (χ3n) is 9.63. The molecular weight excluding hydrogens is 496 g/mol. The van der Waals surface area contributed by atoms with E-state index >= 15 is 0 Å². The van der Waals surface area contributed by atoms with Gasteiger partial charge in [-0.25, -0.2) is 0 Å². The SMILES string of the molecule is CC(C)C(=O)N[C@H](C(=O)N1C[C@H]2[C@@H]([C@H]1C(=O)NC(CC1CC1)C(=O)C(=O)N[C@H]1CC1(C)C)C2(C)C)C(C)(C)C. The van der Waals surface area contributed by atoms with Gasteiger partial charge in [0, 0.05) is 18.5 Å². The van der Waals surface area contributed by atoms with Gasteiger partial charge in [0.1, 0.15) is 12.1 Å². The molecule has 9 nitrogen and oxygen atoms in total. The van der Waals surface area contributed by atoms with Gasteiger partial charge in [-0.05, 0) is 46.8 Å². The highest BCUT2D eigenvalue weighted by Crippen LogP contribution is 2.65. The van der Waals surface area contributed by atoms with E-state index in [1.807, 2.05) is 34.6 Å². The Hall–Kier alpha value is -2.45. The Morgan fingerprint density at radius 2 is 1.56 bits per heavy atom. The fourth-order valence-electron chi connectivity index (χ4n) is 6.21. The Balaban J connectivity index is 1.53. The smallest absolute Gasteiger partial charge is 0.289 e. The summed E-state index contributed by atoms with van der Waals surface area (Å²) in [7, 11) is 0. The van der Waals surface area contributed by atoms with Gasteiger partial charge in [0.25, 0.3) is 5.91 Å². The molecule has 1 heterocycles. The number of ketones is 1. The molecule has 0 spiro atoms. The second-order valence-corrected chi connectivity index (χ2v) is 15.2. The molecule has 4 rings (SSSR count). The topological polar surface area (TPSA) is 125 Å². The Morgan fingerprint density at radius 3 is 2.05 bits per heavy atom. The summed E-state index contributed by atoms with van der Waals surface area (Å²) in [6.07, 6.45) is 3.21. The van der Waals surface area contributed by atoms with E-state index in [0.29, 0.717) is 18.9 Å². The molecule has 218 valence electrons. The number of Topliss-reactive ketones (excluding diaryl/α,β-unsaturated/α-hetero) is 1. The lowest BCUT2D eigenvalue weighted by molar-refractivity contribution is -0.147. The van der Waals surface area contributed by atoms with Crippen LogP contribution in [0.2, 0.25) is 0 Å². The Labute approximate surface area is 233 Å². The van der Waals surface area contributed by atoms with Crippen LogP contribution < -0.4 is 16.0 Å². The zero-order valence-corrected chi connectivity index (χ0v) is 25.1. The highest BCUT2D eigenvalue weighted by molar-refractivity contribution is 6.38. The predicted molar refractivity (Wildman–Crippen MR) is 147 cm³/mol. The number of likely N-dealkylation sites (tertiary alicyclic amines) is 1. The molecule has 3 saturated carbocycles. The maximum Gasteiger partial charge on any atom is 0.289 e. The number of carbonyl (C=O) groups is 5. The van der Waals surface area contributed by atoms with E-state index in [-0.39, 0.29) is 52.3 Å². The Bertz CT molecular complexity index is 1050. The van der Waals surface area contributed by atoms with Gasteiger partial charge in [0.15, 0.2) is 0 Å². The minimum Gasteiger partial charge on any atom is -0.346 e. The van der Waals surface area contributed by atoms with E-state index in [2.05, 4.69) is 29.8 Å². The zero-order valence-electron chi connectivity index (χ0n) is 25.1. The second kappa shape index (κ2) is 9.88. The van der Waals surface area contributed by atoms with Crippen molar-refractivity contribution in [3.05, 3.63) is 0 Å². The number of nitrogens with zero attached hydrogens (tertiary/aromatic N) is 1. The van der Waals surface area contributed by atoms with Crippen LogP contribution >= 0.6 is 0 Å². The van der Waals surface area contributed by atoms with Gasteiger partial charge in [-0.3, -0.25) is 24.0 Å². The molecule has 0 aromatic carbocycles. The van der Waals surface area contributed by atoms with Crippen molar-refractivity contribution in [3.63, 3.8) is 0 Å². The average molecular weight is 545 g/mol. The van der Waals surface area contributed by atoms with Crippen LogP contribution in [0.3, 0.4) is 0 Å². The van der Waals surface area contributed by atoms with Gasteiger partial charge in [0.2, 0.25) is 23.5 Å². The number of hydrogen-bond donors (Lipinski definition) is 3. The number of hydrogen-bond acceptors (Lipinski definition) is 5. The monoisotopic (exact) mass is 544 g/mol. The predicted octanol–water partition coefficient (Wildman–Crippen LogP) is 2.43. The van der Waals surface area contributed by atoms with E-state index in [0.717, 1.165) is 19.3 Å². The average Bonchev–Trinajstić information content (AvgIpc) is 3.75. The summed E-state index contributed by atoms with van der Waals surface area (Å²) in [5.41, 5.74) is -0.691. The molecule has 39 heavy (non-hydrogen) atoms. The summed E-state index contributed by atoms with van der Waals surface area (Å²) >= 11 is 0. The normalized spacial score (nSPS) is 29.6. The van der Waals surface area contributed by atoms with E-state index in [9.17, 15) is 24.0 Å². The summed E-state index contributed by atoms with van der Waals surface area (Å²) in [5, 5.41) is 8.66. The first-order chi connectivity index (χ1) is 17.9. The lowest BCUT2D eigenvalue weighted by Gasteiger charge is -2.38. The summed E-state index contributed by atoms with van der Waals surface area (Å²) in [6, 6.07) is -2.49. The highest BCUT2D eigenvalue weighted by atomic mass is 16.2. The van der Waals surface area contributed by atoms with Gasteiger partial charge in [-0.1, -0.05) is 75.2 Å². The Kier molecular flexibility index (Phi) is 7.48. The molecule has 1 aliphatic heterocycles. The summed E-state index contributed by atoms with van der Waals surface area (Å²) < 4.78 is 0. The molecule has 6 atom stereocenters. The second-order valence-electron chi connectivity index (χ2n) is 15.2. The largest absolute Gasteiger partial charge is 0.346 e. The summed E-state index contributed by atoms with van der Waals surface area (Å²) in [5.74, 6) is -1.99. The third kappa shape index (κ3) is 6.02. The van der Waals surface area contributed by atoms with Crippen LogP contribution in [0.4, 0.5) is 0 Å². The van der Waals surface area contributed by atoms with Crippen molar-refractivity contribution in [2.75, 3.05) is 6.54 Å². The quantitative estimate of drug-likeness (QED) is 0.365. The van der Waals surface area contributed by atoms with Gasteiger partial charge in [-0.15, -0.1) is 0 Å². The zero-order chi connectivity index (χ0) is 29.2. The van der Waals surface area contributed by atoms with E-state index in [1.54, 1.807) is 18.7 Å². The molecular formula is C30H48N4O5. The lowest BCUT2D eigenvalue weighted by atomic mass is 9.84. The third-order valence-corrected chi connectivity index (χ3v) is 9.63. The van der Waals surface area contributed by atoms with Crippen LogP contribution in [0.15, 0.2) is 0 Å². The molecule has 1 unspecified atom stereocenters. The van der Waals surface area contributed by atoms with Crippen molar-refractivity contribution in [1.82, 2.24) is 20.9 Å². The number of rotatable bonds is 10. The highest BCUT2D eigenvalue weighted by Gasteiger charge is 2.70. The Morgan fingerprint density at radius 1 is 0.974 bits per heavy atom. The van der Waals surface area contributed by atoms with Crippen molar-refractivity contribution >= 4 is 29.4 Å². The van der Waals surface area contributed by atoms with Crippen molar-refractivity contribution in [1.29, 1.82) is 0 Å². The molecule has 4 fully saturated rings. The number of amides is 4. The van der Waals surface area contributed by atoms with Gasteiger partial charge in [0.05, 0.1) is 6.04 Å². The number of piperidine rings is 1. The van der Waals surface area contributed by atoms with Crippen molar-refractivity contribution in [3.8, 4) is 0 Å². The van der Waals surface area contributed by atoms with Crippen LogP contribution in [0.25, 0.3) is 0 Å². The minimum absolute atomic E-state index is 0.0168. The first-order valence-electron chi connectivity index (χ1n) is 14.6. The van der Waals surface area contributed by atoms with Crippen molar-refractivity contribution in [2.45, 2.75) is 112 Å². The molecule has 0 aromatic heterocycles. The van der Waals surface area contributed by atoms with Crippen molar-refractivity contribution < 1.29 is 24.0 Å². The molecule has 0 radical (unpaired) electrons. The summed E-state index contributed by atoms with van der Waals surface area (Å²) in [6.45, 7) is 18.0. The lowest BCUT2D eigenvalue weighted by Crippen LogP contribution is -2.61.